The second-order valence-electron chi connectivity index (χ2n) is 3.74. The molecule has 1 N–H and O–H groups in total. The van der Waals surface area contributed by atoms with Crippen molar-refractivity contribution in [2.24, 2.45) is 0 Å². The lowest BCUT2D eigenvalue weighted by atomic mass is 10.2. The fraction of sp³-hybridized carbons (Fsp3) is 0.417. The van der Waals surface area contributed by atoms with Crippen LogP contribution >= 0.6 is 15.9 Å². The molecule has 0 atom stereocenters. The quantitative estimate of drug-likeness (QED) is 0.780. The van der Waals surface area contributed by atoms with Gasteiger partial charge >= 0.3 is 6.36 Å². The van der Waals surface area contributed by atoms with E-state index in [4.69, 9.17) is 5.26 Å². The fourth-order valence-electron chi connectivity index (χ4n) is 1.38. The summed E-state index contributed by atoms with van der Waals surface area (Å²) in [6, 6.07) is 6.32. The van der Waals surface area contributed by atoms with E-state index in [1.54, 1.807) is 0 Å². The third kappa shape index (κ3) is 6.34. The van der Waals surface area contributed by atoms with Crippen LogP contribution in [0.25, 0.3) is 0 Å². The minimum absolute atomic E-state index is 0.229. The molecular weight excluding hydrogens is 325 g/mol. The second-order valence-corrected chi connectivity index (χ2v) is 4.59. The van der Waals surface area contributed by atoms with Gasteiger partial charge in [0.25, 0.3) is 0 Å². The SMILES string of the molecule is N#CCCCCNc1ccc(OC(F)(F)F)c(Br)c1. The van der Waals surface area contributed by atoms with Crippen LogP contribution in [0.3, 0.4) is 0 Å². The summed E-state index contributed by atoms with van der Waals surface area (Å²) >= 11 is 3.03. The van der Waals surface area contributed by atoms with Crippen molar-refractivity contribution in [3.8, 4) is 11.8 Å². The minimum atomic E-state index is -4.70. The number of unbranched alkanes of at least 4 members (excludes halogenated alkanes) is 2. The van der Waals surface area contributed by atoms with Gasteiger partial charge in [-0.25, -0.2) is 0 Å². The first-order valence-corrected chi connectivity index (χ1v) is 6.38. The van der Waals surface area contributed by atoms with Gasteiger partial charge in [-0.1, -0.05) is 0 Å². The van der Waals surface area contributed by atoms with E-state index in [0.29, 0.717) is 18.7 Å². The predicted octanol–water partition coefficient (Wildman–Crippen LogP) is 4.45. The Bertz CT molecular complexity index is 457. The Labute approximate surface area is 117 Å². The van der Waals surface area contributed by atoms with E-state index < -0.39 is 6.36 Å². The Morgan fingerprint density at radius 1 is 1.32 bits per heavy atom. The van der Waals surface area contributed by atoms with Crippen LogP contribution in [0.5, 0.6) is 5.75 Å². The van der Waals surface area contributed by atoms with Crippen LogP contribution in [-0.2, 0) is 0 Å². The summed E-state index contributed by atoms with van der Waals surface area (Å²) in [6.45, 7) is 0.660. The van der Waals surface area contributed by atoms with Gasteiger partial charge in [-0.05, 0) is 47.0 Å². The molecule has 3 nitrogen and oxygen atoms in total. The number of halogens is 4. The Morgan fingerprint density at radius 2 is 2.05 bits per heavy atom. The summed E-state index contributed by atoms with van der Waals surface area (Å²) in [5, 5.41) is 11.4. The van der Waals surface area contributed by atoms with Crippen molar-refractivity contribution >= 4 is 21.6 Å². The van der Waals surface area contributed by atoms with Crippen molar-refractivity contribution in [1.29, 1.82) is 5.26 Å². The standard InChI is InChI=1S/C12H12BrF3N2O/c13-10-8-9(18-7-3-1-2-6-17)4-5-11(10)19-12(14,15)16/h4-5,8,18H,1-3,7H2. The van der Waals surface area contributed by atoms with E-state index in [2.05, 4.69) is 26.0 Å². The van der Waals surface area contributed by atoms with E-state index >= 15 is 0 Å². The molecule has 1 rings (SSSR count). The molecule has 0 radical (unpaired) electrons. The van der Waals surface area contributed by atoms with E-state index in [-0.39, 0.29) is 10.2 Å². The number of alkyl halides is 3. The minimum Gasteiger partial charge on any atom is -0.405 e. The van der Waals surface area contributed by atoms with Gasteiger partial charge in [0, 0.05) is 18.7 Å². The van der Waals surface area contributed by atoms with Gasteiger partial charge < -0.3 is 10.1 Å². The molecule has 0 saturated heterocycles. The molecule has 0 aliphatic heterocycles. The molecular formula is C12H12BrF3N2O. The first-order valence-electron chi connectivity index (χ1n) is 5.58. The lowest BCUT2D eigenvalue weighted by Crippen LogP contribution is -2.17. The number of nitriles is 1. The van der Waals surface area contributed by atoms with Crippen LogP contribution in [0, 0.1) is 11.3 Å². The van der Waals surface area contributed by atoms with E-state index in [0.717, 1.165) is 12.8 Å². The molecule has 0 bridgehead atoms. The summed E-state index contributed by atoms with van der Waals surface area (Å²) in [5.41, 5.74) is 0.693. The Morgan fingerprint density at radius 3 is 2.63 bits per heavy atom. The normalized spacial score (nSPS) is 10.9. The topological polar surface area (TPSA) is 45.0 Å². The highest BCUT2D eigenvalue weighted by Crippen LogP contribution is 2.32. The predicted molar refractivity (Wildman–Crippen MR) is 68.8 cm³/mol. The van der Waals surface area contributed by atoms with E-state index in [1.165, 1.54) is 18.2 Å². The molecule has 0 saturated carbocycles. The van der Waals surface area contributed by atoms with Gasteiger partial charge in [0.1, 0.15) is 5.75 Å². The number of anilines is 1. The van der Waals surface area contributed by atoms with Crippen LogP contribution < -0.4 is 10.1 Å². The number of hydrogen-bond acceptors (Lipinski definition) is 3. The lowest BCUT2D eigenvalue weighted by molar-refractivity contribution is -0.274. The van der Waals surface area contributed by atoms with Crippen LogP contribution in [0.4, 0.5) is 18.9 Å². The highest BCUT2D eigenvalue weighted by Gasteiger charge is 2.31. The zero-order chi connectivity index (χ0) is 14.3. The molecule has 0 aliphatic rings. The van der Waals surface area contributed by atoms with Crippen LogP contribution in [0.15, 0.2) is 22.7 Å². The maximum absolute atomic E-state index is 12.1. The highest BCUT2D eigenvalue weighted by molar-refractivity contribution is 9.10. The van der Waals surface area contributed by atoms with Gasteiger partial charge in [-0.2, -0.15) is 5.26 Å². The van der Waals surface area contributed by atoms with Crippen molar-refractivity contribution in [3.63, 3.8) is 0 Å². The van der Waals surface area contributed by atoms with Gasteiger partial charge in [0.05, 0.1) is 10.5 Å². The Hall–Kier alpha value is -1.42. The zero-order valence-electron chi connectivity index (χ0n) is 9.93. The van der Waals surface area contributed by atoms with Crippen LogP contribution in [0.2, 0.25) is 0 Å². The molecule has 0 unspecified atom stereocenters. The summed E-state index contributed by atoms with van der Waals surface area (Å²) in [6.07, 6.45) is -2.58. The summed E-state index contributed by atoms with van der Waals surface area (Å²) in [4.78, 5) is 0. The molecule has 0 heterocycles. The van der Waals surface area contributed by atoms with E-state index in [9.17, 15) is 13.2 Å². The molecule has 7 heteroatoms. The van der Waals surface area contributed by atoms with Crippen molar-refractivity contribution in [2.75, 3.05) is 11.9 Å². The molecule has 0 amide bonds. The number of hydrogen-bond donors (Lipinski definition) is 1. The van der Waals surface area contributed by atoms with E-state index in [1.807, 2.05) is 6.07 Å². The largest absolute Gasteiger partial charge is 0.573 e. The third-order valence-electron chi connectivity index (χ3n) is 2.20. The lowest BCUT2D eigenvalue weighted by Gasteiger charge is -2.12. The summed E-state index contributed by atoms with van der Waals surface area (Å²) in [5.74, 6) is -0.275. The van der Waals surface area contributed by atoms with Crippen molar-refractivity contribution in [2.45, 2.75) is 25.6 Å². The Balaban J connectivity index is 2.50. The summed E-state index contributed by atoms with van der Waals surface area (Å²) < 4.78 is 40.2. The molecule has 0 aliphatic carbocycles. The average molecular weight is 337 g/mol. The van der Waals surface area contributed by atoms with Gasteiger partial charge in [0.2, 0.25) is 0 Å². The molecule has 0 spiro atoms. The van der Waals surface area contributed by atoms with Crippen LogP contribution in [-0.4, -0.2) is 12.9 Å². The Kier molecular flexibility index (Phi) is 5.96. The first-order chi connectivity index (χ1) is 8.92. The number of nitrogens with one attached hydrogen (secondary N) is 1. The van der Waals surface area contributed by atoms with Gasteiger partial charge in [-0.3, -0.25) is 0 Å². The average Bonchev–Trinajstić information content (AvgIpc) is 2.31. The van der Waals surface area contributed by atoms with Crippen LogP contribution in [0.1, 0.15) is 19.3 Å². The number of rotatable bonds is 6. The second kappa shape index (κ2) is 7.24. The highest BCUT2D eigenvalue weighted by atomic mass is 79.9. The molecule has 19 heavy (non-hydrogen) atoms. The zero-order valence-corrected chi connectivity index (χ0v) is 11.5. The number of ether oxygens (including phenoxy) is 1. The smallest absolute Gasteiger partial charge is 0.405 e. The number of nitrogens with zero attached hydrogens (tertiary/aromatic N) is 1. The molecule has 1 aromatic rings. The molecule has 0 aromatic heterocycles. The number of benzene rings is 1. The fourth-order valence-corrected chi connectivity index (χ4v) is 1.84. The maximum atomic E-state index is 12.1. The third-order valence-corrected chi connectivity index (χ3v) is 2.82. The first kappa shape index (κ1) is 15.6. The molecule has 1 aromatic carbocycles. The molecule has 104 valence electrons. The van der Waals surface area contributed by atoms with Crippen molar-refractivity contribution in [3.05, 3.63) is 22.7 Å². The van der Waals surface area contributed by atoms with Crippen molar-refractivity contribution in [1.82, 2.24) is 0 Å². The summed E-state index contributed by atoms with van der Waals surface area (Å²) in [7, 11) is 0. The van der Waals surface area contributed by atoms with Gasteiger partial charge in [0.15, 0.2) is 0 Å². The van der Waals surface area contributed by atoms with Crippen molar-refractivity contribution < 1.29 is 17.9 Å². The van der Waals surface area contributed by atoms with Gasteiger partial charge in [-0.15, -0.1) is 13.2 Å². The maximum Gasteiger partial charge on any atom is 0.573 e. The monoisotopic (exact) mass is 336 g/mol. The molecule has 0 fully saturated rings.